The van der Waals surface area contributed by atoms with E-state index in [0.29, 0.717) is 17.5 Å². The van der Waals surface area contributed by atoms with Gasteiger partial charge in [-0.3, -0.25) is 19.3 Å². The van der Waals surface area contributed by atoms with Crippen LogP contribution in [0.2, 0.25) is 0 Å². The van der Waals surface area contributed by atoms with Crippen LogP contribution in [-0.2, 0) is 17.6 Å². The number of imidazole rings is 1. The van der Waals surface area contributed by atoms with Crippen LogP contribution >= 0.6 is 11.3 Å². The van der Waals surface area contributed by atoms with Crippen LogP contribution < -0.4 is 5.32 Å². The Labute approximate surface area is 206 Å². The van der Waals surface area contributed by atoms with Crippen LogP contribution in [-0.4, -0.2) is 39.1 Å². The Morgan fingerprint density at radius 2 is 1.71 bits per heavy atom. The highest BCUT2D eigenvalue weighted by atomic mass is 32.1. The predicted octanol–water partition coefficient (Wildman–Crippen LogP) is 5.19. The molecule has 8 heteroatoms. The molecule has 0 atom stereocenters. The number of nitrogens with one attached hydrogen (secondary N) is 2. The van der Waals surface area contributed by atoms with Gasteiger partial charge in [-0.1, -0.05) is 24.3 Å². The summed E-state index contributed by atoms with van der Waals surface area (Å²) in [6, 6.07) is 14.8. The molecule has 1 aliphatic carbocycles. The molecule has 0 unspecified atom stereocenters. The van der Waals surface area contributed by atoms with Crippen LogP contribution in [0.5, 0.6) is 0 Å². The van der Waals surface area contributed by atoms with Crippen molar-refractivity contribution in [1.29, 1.82) is 0 Å². The Morgan fingerprint density at radius 3 is 2.49 bits per heavy atom. The van der Waals surface area contributed by atoms with Crippen molar-refractivity contribution in [3.8, 4) is 11.4 Å². The number of aromatic amines is 1. The average Bonchev–Trinajstić information content (AvgIpc) is 3.52. The number of carbonyl (C=O) groups excluding carboxylic acids is 3. The number of benzene rings is 2. The largest absolute Gasteiger partial charge is 0.338 e. The van der Waals surface area contributed by atoms with Crippen molar-refractivity contribution in [3.05, 3.63) is 70.1 Å². The number of carbonyl (C=O) groups is 3. The van der Waals surface area contributed by atoms with Crippen LogP contribution in [0.3, 0.4) is 0 Å². The Balaban J connectivity index is 1.18. The summed E-state index contributed by atoms with van der Waals surface area (Å²) in [4.78, 5) is 48.8. The highest BCUT2D eigenvalue weighted by Gasteiger charge is 2.34. The Hall–Kier alpha value is -3.78. The molecular formula is C27H24N4O3S. The van der Waals surface area contributed by atoms with Crippen LogP contribution in [0.1, 0.15) is 56.8 Å². The molecule has 0 saturated heterocycles. The zero-order chi connectivity index (χ0) is 23.9. The molecule has 1 aliphatic heterocycles. The number of fused-ring (bicyclic) bond motifs is 3. The van der Waals surface area contributed by atoms with Gasteiger partial charge in [0, 0.05) is 17.8 Å². The zero-order valence-corrected chi connectivity index (χ0v) is 19.9. The van der Waals surface area contributed by atoms with Gasteiger partial charge in [-0.15, -0.1) is 11.3 Å². The first-order chi connectivity index (χ1) is 17.1. The maximum atomic E-state index is 12.9. The molecular weight excluding hydrogens is 460 g/mol. The molecule has 4 aromatic rings. The Bertz CT molecular complexity index is 1420. The number of nitrogens with zero attached hydrogens (tertiary/aromatic N) is 2. The summed E-state index contributed by atoms with van der Waals surface area (Å²) in [7, 11) is 0. The quantitative estimate of drug-likeness (QED) is 0.369. The first-order valence-electron chi connectivity index (χ1n) is 11.9. The number of rotatable bonds is 6. The van der Waals surface area contributed by atoms with E-state index in [-0.39, 0.29) is 30.7 Å². The average molecular weight is 485 g/mol. The summed E-state index contributed by atoms with van der Waals surface area (Å²) in [6.45, 7) is 0.219. The summed E-state index contributed by atoms with van der Waals surface area (Å²) in [5.41, 5.74) is 5.01. The monoisotopic (exact) mass is 484 g/mol. The van der Waals surface area contributed by atoms with Crippen molar-refractivity contribution < 1.29 is 14.4 Å². The molecule has 0 spiro atoms. The fraction of sp³-hybridized carbons (Fsp3) is 0.259. The fourth-order valence-electron chi connectivity index (χ4n) is 5.00. The van der Waals surface area contributed by atoms with E-state index in [0.717, 1.165) is 53.1 Å². The van der Waals surface area contributed by atoms with Crippen molar-refractivity contribution in [2.75, 3.05) is 11.9 Å². The van der Waals surface area contributed by atoms with Crippen LogP contribution in [0.25, 0.3) is 22.4 Å². The molecule has 7 nitrogen and oxygen atoms in total. The lowest BCUT2D eigenvalue weighted by Crippen LogP contribution is -2.31. The molecule has 0 fully saturated rings. The molecule has 2 N–H and O–H groups in total. The van der Waals surface area contributed by atoms with Crippen LogP contribution in [0.15, 0.2) is 48.5 Å². The van der Waals surface area contributed by atoms with Crippen molar-refractivity contribution in [2.45, 2.75) is 38.5 Å². The third-order valence-electron chi connectivity index (χ3n) is 6.71. The van der Waals surface area contributed by atoms with Crippen molar-refractivity contribution >= 4 is 45.1 Å². The molecule has 0 bridgehead atoms. The van der Waals surface area contributed by atoms with Crippen LogP contribution in [0.4, 0.5) is 5.00 Å². The van der Waals surface area contributed by atoms with Gasteiger partial charge in [0.25, 0.3) is 11.8 Å². The summed E-state index contributed by atoms with van der Waals surface area (Å²) in [5, 5.41) is 3.93. The van der Waals surface area contributed by atoms with Gasteiger partial charge in [-0.05, 0) is 61.9 Å². The number of amides is 3. The first-order valence-corrected chi connectivity index (χ1v) is 12.8. The summed E-state index contributed by atoms with van der Waals surface area (Å²) < 4.78 is 0. The predicted molar refractivity (Wildman–Crippen MR) is 136 cm³/mol. The Morgan fingerprint density at radius 1 is 1.00 bits per heavy atom. The van der Waals surface area contributed by atoms with Crippen molar-refractivity contribution in [3.63, 3.8) is 0 Å². The van der Waals surface area contributed by atoms with Gasteiger partial charge in [0.2, 0.25) is 5.91 Å². The third-order valence-corrected chi connectivity index (χ3v) is 7.92. The standard InChI is InChI=1S/C27H24N4O3S/c32-22(14-7-15-31-26(33)16-8-1-2-9-17(16)27(31)34)30-25-23(18-10-3-6-13-21(18)35-25)24-28-19-11-4-5-12-20(19)29-24/h1-2,4-5,8-9,11-12H,3,6-7,10,13-15H2,(H,28,29)(H,30,32). The number of aromatic nitrogens is 2. The molecule has 2 aromatic carbocycles. The van der Waals surface area contributed by atoms with Crippen molar-refractivity contribution in [1.82, 2.24) is 14.9 Å². The summed E-state index contributed by atoms with van der Waals surface area (Å²) in [6.07, 6.45) is 4.90. The number of imide groups is 1. The fourth-order valence-corrected chi connectivity index (χ4v) is 6.31. The summed E-state index contributed by atoms with van der Waals surface area (Å²) >= 11 is 1.64. The minimum Gasteiger partial charge on any atom is -0.338 e. The third kappa shape index (κ3) is 3.83. The van der Waals surface area contributed by atoms with Gasteiger partial charge in [0.15, 0.2) is 0 Å². The lowest BCUT2D eigenvalue weighted by Gasteiger charge is -2.13. The van der Waals surface area contributed by atoms with Crippen LogP contribution in [0, 0.1) is 0 Å². The number of hydrogen-bond acceptors (Lipinski definition) is 5. The van der Waals surface area contributed by atoms with Gasteiger partial charge in [-0.2, -0.15) is 0 Å². The number of hydrogen-bond donors (Lipinski definition) is 2. The number of H-pyrrole nitrogens is 1. The van der Waals surface area contributed by atoms with Gasteiger partial charge < -0.3 is 10.3 Å². The Kier molecular flexibility index (Phi) is 5.45. The van der Waals surface area contributed by atoms with Gasteiger partial charge in [0.05, 0.1) is 27.7 Å². The van der Waals surface area contributed by atoms with E-state index < -0.39 is 0 Å². The second-order valence-electron chi connectivity index (χ2n) is 8.98. The number of aryl methyl sites for hydroxylation is 1. The molecule has 2 aliphatic rings. The number of anilines is 1. The van der Waals surface area contributed by atoms with Gasteiger partial charge in [-0.25, -0.2) is 4.98 Å². The van der Waals surface area contributed by atoms with E-state index >= 15 is 0 Å². The molecule has 2 aromatic heterocycles. The van der Waals surface area contributed by atoms with E-state index in [9.17, 15) is 14.4 Å². The number of para-hydroxylation sites is 2. The molecule has 176 valence electrons. The maximum absolute atomic E-state index is 12.9. The van der Waals surface area contributed by atoms with E-state index in [1.54, 1.807) is 35.6 Å². The molecule has 0 saturated carbocycles. The second-order valence-corrected chi connectivity index (χ2v) is 10.1. The zero-order valence-electron chi connectivity index (χ0n) is 19.1. The smallest absolute Gasteiger partial charge is 0.261 e. The second kappa shape index (κ2) is 8.78. The molecule has 3 heterocycles. The number of thiophene rings is 1. The lowest BCUT2D eigenvalue weighted by molar-refractivity contribution is -0.116. The highest BCUT2D eigenvalue weighted by Crippen LogP contribution is 2.43. The minimum absolute atomic E-state index is 0.127. The SMILES string of the molecule is O=C(CCCN1C(=O)c2ccccc2C1=O)Nc1sc2c(c1-c1nc3ccccc3[nH]1)CCCC2. The highest BCUT2D eigenvalue weighted by molar-refractivity contribution is 7.17. The van der Waals surface area contributed by atoms with Crippen molar-refractivity contribution in [2.24, 2.45) is 0 Å². The minimum atomic E-state index is -0.288. The molecule has 3 amide bonds. The first kappa shape index (κ1) is 21.7. The molecule has 6 rings (SSSR count). The summed E-state index contributed by atoms with van der Waals surface area (Å²) in [5.74, 6) is 0.0812. The van der Waals surface area contributed by atoms with E-state index in [4.69, 9.17) is 4.98 Å². The van der Waals surface area contributed by atoms with E-state index in [1.165, 1.54) is 15.3 Å². The molecule has 0 radical (unpaired) electrons. The van der Waals surface area contributed by atoms with Gasteiger partial charge >= 0.3 is 0 Å². The van der Waals surface area contributed by atoms with E-state index in [2.05, 4.69) is 10.3 Å². The van der Waals surface area contributed by atoms with Gasteiger partial charge in [0.1, 0.15) is 10.8 Å². The maximum Gasteiger partial charge on any atom is 0.261 e. The van der Waals surface area contributed by atoms with E-state index in [1.807, 2.05) is 24.3 Å². The lowest BCUT2D eigenvalue weighted by atomic mass is 9.95. The normalized spacial score (nSPS) is 14.9. The molecule has 35 heavy (non-hydrogen) atoms. The topological polar surface area (TPSA) is 95.2 Å².